The maximum Gasteiger partial charge on any atom is 0.336 e. The Morgan fingerprint density at radius 1 is 1.23 bits per heavy atom. The molecule has 0 aliphatic rings. The second-order valence-electron chi connectivity index (χ2n) is 6.48. The average Bonchev–Trinajstić information content (AvgIpc) is 2.71. The lowest BCUT2D eigenvalue weighted by Gasteiger charge is -2.29. The lowest BCUT2D eigenvalue weighted by atomic mass is 9.91. The van der Waals surface area contributed by atoms with Crippen LogP contribution in [0, 0.1) is 6.92 Å². The molecule has 0 aliphatic heterocycles. The van der Waals surface area contributed by atoms with E-state index < -0.39 is 21.5 Å². The predicted molar refractivity (Wildman–Crippen MR) is 117 cm³/mol. The number of rotatable bonds is 9. The zero-order chi connectivity index (χ0) is 22.4. The molecule has 0 aromatic heterocycles. The summed E-state index contributed by atoms with van der Waals surface area (Å²) >= 11 is 5.99. The van der Waals surface area contributed by atoms with Gasteiger partial charge in [0, 0.05) is 10.6 Å². The third kappa shape index (κ3) is 5.44. The number of esters is 1. The van der Waals surface area contributed by atoms with E-state index in [1.54, 1.807) is 43.3 Å². The highest BCUT2D eigenvalue weighted by Crippen LogP contribution is 2.25. The van der Waals surface area contributed by atoms with E-state index in [4.69, 9.17) is 16.3 Å². The number of hydrogen-bond acceptors (Lipinski definition) is 5. The summed E-state index contributed by atoms with van der Waals surface area (Å²) in [6, 6.07) is 12.7. The van der Waals surface area contributed by atoms with Crippen LogP contribution >= 0.6 is 11.6 Å². The summed E-state index contributed by atoms with van der Waals surface area (Å²) in [6.07, 6.45) is 3.02. The van der Waals surface area contributed by atoms with Crippen LogP contribution in [0.5, 0.6) is 0 Å². The molecule has 8 heteroatoms. The monoisotopic (exact) mass is 447 g/mol. The Bertz CT molecular complexity index is 1080. The minimum Gasteiger partial charge on any atom is -0.464 e. The number of aldehydes is 1. The van der Waals surface area contributed by atoms with Crippen LogP contribution in [0.25, 0.3) is 6.08 Å². The standard InChI is InChI=1S/C22H22ClNO5S/c1-4-29-21(26)22(17(3)15-25,13-12-18-6-5-7-19(23)14-18)24-30(27,28)20-10-8-16(2)9-11-20/h5-15,24H,3-4H2,1-2H3/b13-12+. The Kier molecular flexibility index (Phi) is 7.72. The molecule has 2 aromatic carbocycles. The molecule has 1 unspecified atom stereocenters. The summed E-state index contributed by atoms with van der Waals surface area (Å²) in [5.74, 6) is -0.976. The fourth-order valence-electron chi connectivity index (χ4n) is 2.61. The minimum atomic E-state index is -4.21. The van der Waals surface area contributed by atoms with Gasteiger partial charge in [0.1, 0.15) is 6.29 Å². The van der Waals surface area contributed by atoms with Gasteiger partial charge in [0.05, 0.1) is 11.5 Å². The molecule has 0 saturated heterocycles. The van der Waals surface area contributed by atoms with Crippen molar-refractivity contribution in [2.24, 2.45) is 0 Å². The summed E-state index contributed by atoms with van der Waals surface area (Å²) in [5.41, 5.74) is -1.01. The number of halogens is 1. The first-order chi connectivity index (χ1) is 14.1. The van der Waals surface area contributed by atoms with Crippen molar-refractivity contribution < 1.29 is 22.7 Å². The van der Waals surface area contributed by atoms with Crippen LogP contribution in [0.15, 0.2) is 71.7 Å². The Morgan fingerprint density at radius 2 is 1.90 bits per heavy atom. The van der Waals surface area contributed by atoms with Crippen molar-refractivity contribution in [1.82, 2.24) is 4.72 Å². The number of nitrogens with one attached hydrogen (secondary N) is 1. The van der Waals surface area contributed by atoms with Gasteiger partial charge in [-0.1, -0.05) is 54.1 Å². The molecule has 1 N–H and O–H groups in total. The number of carbonyl (C=O) groups is 2. The molecule has 6 nitrogen and oxygen atoms in total. The van der Waals surface area contributed by atoms with Crippen molar-refractivity contribution in [2.45, 2.75) is 24.3 Å². The Labute approximate surface area is 181 Å². The molecule has 0 amide bonds. The number of aryl methyl sites for hydroxylation is 1. The highest BCUT2D eigenvalue weighted by molar-refractivity contribution is 7.89. The van der Waals surface area contributed by atoms with Crippen LogP contribution in [-0.4, -0.2) is 32.8 Å². The molecular formula is C22H22ClNO5S. The summed E-state index contributed by atoms with van der Waals surface area (Å²) in [7, 11) is -4.21. The van der Waals surface area contributed by atoms with Crippen molar-refractivity contribution >= 4 is 40.0 Å². The van der Waals surface area contributed by atoms with E-state index in [1.807, 2.05) is 6.92 Å². The van der Waals surface area contributed by atoms with Crippen LogP contribution in [0.2, 0.25) is 5.02 Å². The van der Waals surface area contributed by atoms with E-state index in [2.05, 4.69) is 11.3 Å². The van der Waals surface area contributed by atoms with E-state index in [9.17, 15) is 18.0 Å². The third-order valence-corrected chi connectivity index (χ3v) is 5.97. The zero-order valence-electron chi connectivity index (χ0n) is 16.6. The third-order valence-electron chi connectivity index (χ3n) is 4.25. The number of hydrogen-bond donors (Lipinski definition) is 1. The smallest absolute Gasteiger partial charge is 0.336 e. The second-order valence-corrected chi connectivity index (χ2v) is 8.60. The van der Waals surface area contributed by atoms with Crippen molar-refractivity contribution in [3.63, 3.8) is 0 Å². The normalized spacial score (nSPS) is 13.6. The largest absolute Gasteiger partial charge is 0.464 e. The van der Waals surface area contributed by atoms with Crippen molar-refractivity contribution in [2.75, 3.05) is 6.61 Å². The van der Waals surface area contributed by atoms with Gasteiger partial charge in [0.15, 0.2) is 5.54 Å². The molecule has 0 saturated carbocycles. The van der Waals surface area contributed by atoms with Crippen LogP contribution < -0.4 is 4.72 Å². The maximum absolute atomic E-state index is 13.0. The lowest BCUT2D eigenvalue weighted by Crippen LogP contribution is -2.55. The van der Waals surface area contributed by atoms with Gasteiger partial charge in [0.2, 0.25) is 10.0 Å². The molecule has 0 radical (unpaired) electrons. The molecule has 2 rings (SSSR count). The van der Waals surface area contributed by atoms with Gasteiger partial charge < -0.3 is 4.74 Å². The van der Waals surface area contributed by atoms with E-state index in [0.717, 1.165) is 5.56 Å². The van der Waals surface area contributed by atoms with E-state index in [1.165, 1.54) is 24.3 Å². The number of sulfonamides is 1. The quantitative estimate of drug-likeness (QED) is 0.359. The highest BCUT2D eigenvalue weighted by Gasteiger charge is 2.44. The number of ether oxygens (including phenoxy) is 1. The lowest BCUT2D eigenvalue weighted by molar-refractivity contribution is -0.147. The maximum atomic E-state index is 13.0. The molecule has 158 valence electrons. The van der Waals surface area contributed by atoms with Gasteiger partial charge in [-0.3, -0.25) is 4.79 Å². The summed E-state index contributed by atoms with van der Waals surface area (Å²) in [4.78, 5) is 24.4. The topological polar surface area (TPSA) is 89.5 Å². The molecule has 0 aliphatic carbocycles. The fourth-order valence-corrected chi connectivity index (χ4v) is 4.12. The van der Waals surface area contributed by atoms with E-state index in [-0.39, 0.29) is 17.1 Å². The molecule has 1 atom stereocenters. The molecule has 30 heavy (non-hydrogen) atoms. The van der Waals surface area contributed by atoms with Crippen molar-refractivity contribution in [3.8, 4) is 0 Å². The molecule has 2 aromatic rings. The summed E-state index contributed by atoms with van der Waals surface area (Å²) in [5, 5.41) is 0.452. The van der Waals surface area contributed by atoms with Gasteiger partial charge in [-0.25, -0.2) is 13.2 Å². The first-order valence-electron chi connectivity index (χ1n) is 9.02. The van der Waals surface area contributed by atoms with Crippen LogP contribution in [-0.2, 0) is 24.3 Å². The van der Waals surface area contributed by atoms with Gasteiger partial charge in [-0.05, 0) is 49.8 Å². The zero-order valence-corrected chi connectivity index (χ0v) is 18.2. The van der Waals surface area contributed by atoms with Gasteiger partial charge in [-0.2, -0.15) is 4.72 Å². The second kappa shape index (κ2) is 9.84. The summed E-state index contributed by atoms with van der Waals surface area (Å²) < 4.78 is 33.4. The molecular weight excluding hydrogens is 426 g/mol. The number of benzene rings is 2. The predicted octanol–water partition coefficient (Wildman–Crippen LogP) is 3.70. The fraction of sp³-hybridized carbons (Fsp3) is 0.182. The molecule has 0 fully saturated rings. The van der Waals surface area contributed by atoms with Crippen LogP contribution in [0.1, 0.15) is 18.1 Å². The molecule has 0 bridgehead atoms. The highest BCUT2D eigenvalue weighted by atomic mass is 35.5. The first kappa shape index (κ1) is 23.5. The Morgan fingerprint density at radius 3 is 2.47 bits per heavy atom. The Balaban J connectivity index is 2.61. The van der Waals surface area contributed by atoms with Gasteiger partial charge in [0.25, 0.3) is 0 Å². The van der Waals surface area contributed by atoms with E-state index >= 15 is 0 Å². The minimum absolute atomic E-state index is 0.0238. The average molecular weight is 448 g/mol. The van der Waals surface area contributed by atoms with Gasteiger partial charge in [-0.15, -0.1) is 0 Å². The molecule has 0 spiro atoms. The van der Waals surface area contributed by atoms with Crippen LogP contribution in [0.3, 0.4) is 0 Å². The van der Waals surface area contributed by atoms with Crippen molar-refractivity contribution in [3.05, 3.63) is 82.9 Å². The van der Waals surface area contributed by atoms with Gasteiger partial charge >= 0.3 is 5.97 Å². The van der Waals surface area contributed by atoms with Crippen molar-refractivity contribution in [1.29, 1.82) is 0 Å². The SMILES string of the molecule is C=C(C=O)C(/C=C/c1cccc(Cl)c1)(NS(=O)(=O)c1ccc(C)cc1)C(=O)OCC. The van der Waals surface area contributed by atoms with E-state index in [0.29, 0.717) is 16.9 Å². The first-order valence-corrected chi connectivity index (χ1v) is 10.9. The number of carbonyl (C=O) groups excluding carboxylic acids is 2. The molecule has 0 heterocycles. The summed E-state index contributed by atoms with van der Waals surface area (Å²) in [6.45, 7) is 6.96. The van der Waals surface area contributed by atoms with Crippen LogP contribution in [0.4, 0.5) is 0 Å². The Hall–Kier alpha value is -2.74.